The highest BCUT2D eigenvalue weighted by molar-refractivity contribution is 9.10. The van der Waals surface area contributed by atoms with Crippen molar-refractivity contribution in [1.29, 1.82) is 0 Å². The van der Waals surface area contributed by atoms with Crippen molar-refractivity contribution in [2.24, 2.45) is 0 Å². The Morgan fingerprint density at radius 2 is 1.95 bits per heavy atom. The van der Waals surface area contributed by atoms with Crippen LogP contribution in [0.3, 0.4) is 0 Å². The Morgan fingerprint density at radius 3 is 2.45 bits per heavy atom. The lowest BCUT2D eigenvalue weighted by Crippen LogP contribution is -2.45. The van der Waals surface area contributed by atoms with Crippen molar-refractivity contribution >= 4 is 31.4 Å². The maximum atomic E-state index is 6.18. The van der Waals surface area contributed by atoms with E-state index in [1.165, 1.54) is 0 Å². The highest BCUT2D eigenvalue weighted by Gasteiger charge is 2.31. The number of nitrogens with one attached hydrogen (secondary N) is 1. The van der Waals surface area contributed by atoms with E-state index < -0.39 is 0 Å². The molecule has 0 aliphatic carbocycles. The Hall–Kier alpha value is -0.393. The molecule has 1 rings (SSSR count). The molecule has 0 unspecified atom stereocenters. The van der Waals surface area contributed by atoms with E-state index in [0.29, 0.717) is 9.76 Å². The average Bonchev–Trinajstić information content (AvgIpc) is 2.33. The monoisotopic (exact) mass is 356 g/mol. The molecular weight excluding hydrogens is 332 g/mol. The summed E-state index contributed by atoms with van der Waals surface area (Å²) in [5, 5.41) is 3.73. The molecule has 1 atom stereocenters. The van der Waals surface area contributed by atoms with Gasteiger partial charge in [-0.15, -0.1) is 0 Å². The lowest BCUT2D eigenvalue weighted by atomic mass is 9.96. The molecule has 112 valence electrons. The summed E-state index contributed by atoms with van der Waals surface area (Å²) in [6, 6.07) is 2.28. The van der Waals surface area contributed by atoms with Crippen molar-refractivity contribution in [2.45, 2.75) is 64.6 Å². The first-order valence-electron chi connectivity index (χ1n) is 6.96. The standard InChI is InChI=1S/C15H25BrN2OSi/c1-7-13(15(5,6)19-20-14(2,3)4)18-12-8-11(16)9-17-10-12/h8-10,13,18H,7H2,1-6H3/t13-/m0/s1. The molecule has 0 aliphatic heterocycles. The molecular formula is C15H25BrN2OSi. The predicted molar refractivity (Wildman–Crippen MR) is 90.3 cm³/mol. The first kappa shape index (κ1) is 17.7. The van der Waals surface area contributed by atoms with E-state index in [1.54, 1.807) is 6.20 Å². The Morgan fingerprint density at radius 1 is 1.30 bits per heavy atom. The smallest absolute Gasteiger partial charge is 0.236 e. The van der Waals surface area contributed by atoms with E-state index in [0.717, 1.165) is 16.6 Å². The van der Waals surface area contributed by atoms with Crippen LogP contribution in [0.4, 0.5) is 5.69 Å². The van der Waals surface area contributed by atoms with Crippen LogP contribution >= 0.6 is 15.9 Å². The number of nitrogens with zero attached hydrogens (tertiary/aromatic N) is 1. The summed E-state index contributed by atoms with van der Waals surface area (Å²) in [5.74, 6) is 0. The van der Waals surface area contributed by atoms with Gasteiger partial charge in [-0.25, -0.2) is 0 Å². The fraction of sp³-hybridized carbons (Fsp3) is 0.667. The van der Waals surface area contributed by atoms with Gasteiger partial charge in [0.1, 0.15) is 0 Å². The molecule has 0 aromatic carbocycles. The predicted octanol–water partition coefficient (Wildman–Crippen LogP) is 4.67. The van der Waals surface area contributed by atoms with Gasteiger partial charge >= 0.3 is 0 Å². The van der Waals surface area contributed by atoms with Crippen LogP contribution in [0.5, 0.6) is 0 Å². The summed E-state index contributed by atoms with van der Waals surface area (Å²) in [6.07, 6.45) is 4.62. The first-order chi connectivity index (χ1) is 9.14. The van der Waals surface area contributed by atoms with Crippen LogP contribution in [0.1, 0.15) is 48.0 Å². The van der Waals surface area contributed by atoms with Crippen molar-refractivity contribution in [2.75, 3.05) is 5.32 Å². The number of rotatable bonds is 6. The molecule has 0 fully saturated rings. The van der Waals surface area contributed by atoms with Crippen LogP contribution in [0, 0.1) is 0 Å². The van der Waals surface area contributed by atoms with Crippen LogP contribution in [0.2, 0.25) is 5.04 Å². The van der Waals surface area contributed by atoms with Crippen molar-refractivity contribution in [3.8, 4) is 0 Å². The quantitative estimate of drug-likeness (QED) is 0.752. The van der Waals surface area contributed by atoms with E-state index in [9.17, 15) is 0 Å². The van der Waals surface area contributed by atoms with Crippen LogP contribution < -0.4 is 5.32 Å². The Bertz CT molecular complexity index is 432. The second-order valence-electron chi connectivity index (χ2n) is 6.55. The average molecular weight is 357 g/mol. The SMILES string of the molecule is CC[C@H](Nc1cncc(Br)c1)C(C)(C)O[Si]C(C)(C)C. The molecule has 1 N–H and O–H groups in total. The van der Waals surface area contributed by atoms with Gasteiger partial charge in [0.15, 0.2) is 0 Å². The van der Waals surface area contributed by atoms with Gasteiger partial charge in [0.25, 0.3) is 0 Å². The molecule has 2 radical (unpaired) electrons. The van der Waals surface area contributed by atoms with Crippen molar-refractivity contribution in [3.05, 3.63) is 22.9 Å². The Kier molecular flexibility index (Phi) is 6.22. The molecule has 0 saturated carbocycles. The number of aromatic nitrogens is 1. The van der Waals surface area contributed by atoms with Gasteiger partial charge in [-0.3, -0.25) is 4.98 Å². The Labute approximate surface area is 134 Å². The van der Waals surface area contributed by atoms with Gasteiger partial charge in [-0.1, -0.05) is 27.7 Å². The summed E-state index contributed by atoms with van der Waals surface area (Å²) < 4.78 is 7.16. The van der Waals surface area contributed by atoms with Gasteiger partial charge in [0.2, 0.25) is 9.76 Å². The Balaban J connectivity index is 2.73. The third kappa shape index (κ3) is 5.93. The zero-order chi connectivity index (χ0) is 15.4. The van der Waals surface area contributed by atoms with Gasteiger partial charge in [0.05, 0.1) is 23.5 Å². The summed E-state index contributed by atoms with van der Waals surface area (Å²) >= 11 is 3.45. The summed E-state index contributed by atoms with van der Waals surface area (Å²) in [7, 11) is 0.482. The topological polar surface area (TPSA) is 34.2 Å². The number of hydrogen-bond donors (Lipinski definition) is 1. The zero-order valence-electron chi connectivity index (χ0n) is 13.2. The molecule has 1 aromatic heterocycles. The molecule has 0 bridgehead atoms. The second kappa shape index (κ2) is 7.05. The van der Waals surface area contributed by atoms with Crippen LogP contribution in [-0.2, 0) is 4.43 Å². The molecule has 1 heterocycles. The first-order valence-corrected chi connectivity index (χ1v) is 8.66. The van der Waals surface area contributed by atoms with E-state index in [4.69, 9.17) is 4.43 Å². The molecule has 1 aromatic rings. The molecule has 0 spiro atoms. The normalized spacial score (nSPS) is 14.2. The van der Waals surface area contributed by atoms with E-state index >= 15 is 0 Å². The zero-order valence-corrected chi connectivity index (χ0v) is 15.8. The summed E-state index contributed by atoms with van der Waals surface area (Å²) in [5.41, 5.74) is 0.796. The van der Waals surface area contributed by atoms with Crippen molar-refractivity contribution < 1.29 is 4.43 Å². The minimum atomic E-state index is -0.219. The molecule has 0 saturated heterocycles. The molecule has 0 aliphatic rings. The number of hydrogen-bond acceptors (Lipinski definition) is 3. The number of halogens is 1. The third-order valence-electron chi connectivity index (χ3n) is 2.91. The fourth-order valence-electron chi connectivity index (χ4n) is 1.82. The van der Waals surface area contributed by atoms with E-state index in [1.807, 2.05) is 12.3 Å². The van der Waals surface area contributed by atoms with Gasteiger partial charge in [0, 0.05) is 10.7 Å². The molecule has 3 nitrogen and oxygen atoms in total. The third-order valence-corrected chi connectivity index (χ3v) is 4.59. The largest absolute Gasteiger partial charge is 0.410 e. The maximum Gasteiger partial charge on any atom is 0.236 e. The van der Waals surface area contributed by atoms with Gasteiger partial charge in [-0.05, 0) is 47.3 Å². The lowest BCUT2D eigenvalue weighted by molar-refractivity contribution is 0.0859. The fourth-order valence-corrected chi connectivity index (χ4v) is 2.89. The molecule has 20 heavy (non-hydrogen) atoms. The van der Waals surface area contributed by atoms with Crippen molar-refractivity contribution in [1.82, 2.24) is 4.98 Å². The second-order valence-corrected chi connectivity index (χ2v) is 9.38. The highest BCUT2D eigenvalue weighted by Crippen LogP contribution is 2.27. The summed E-state index contributed by atoms with van der Waals surface area (Å²) in [6.45, 7) is 13.1. The minimum Gasteiger partial charge on any atom is -0.410 e. The van der Waals surface area contributed by atoms with Gasteiger partial charge in [-0.2, -0.15) is 0 Å². The van der Waals surface area contributed by atoms with E-state index in [2.05, 4.69) is 67.8 Å². The summed E-state index contributed by atoms with van der Waals surface area (Å²) in [4.78, 5) is 4.19. The van der Waals surface area contributed by atoms with Crippen molar-refractivity contribution in [3.63, 3.8) is 0 Å². The number of anilines is 1. The maximum absolute atomic E-state index is 6.18. The number of pyridine rings is 1. The van der Waals surface area contributed by atoms with E-state index in [-0.39, 0.29) is 16.7 Å². The van der Waals surface area contributed by atoms with Gasteiger partial charge < -0.3 is 9.74 Å². The lowest BCUT2D eigenvalue weighted by Gasteiger charge is -2.37. The highest BCUT2D eigenvalue weighted by atomic mass is 79.9. The minimum absolute atomic E-state index is 0.201. The van der Waals surface area contributed by atoms with Crippen LogP contribution in [0.15, 0.2) is 22.9 Å². The van der Waals surface area contributed by atoms with Crippen LogP contribution in [0.25, 0.3) is 0 Å². The molecule has 5 heteroatoms. The van der Waals surface area contributed by atoms with Crippen LogP contribution in [-0.4, -0.2) is 26.4 Å². The molecule has 0 amide bonds.